The van der Waals surface area contributed by atoms with Gasteiger partial charge in [0.05, 0.1) is 17.5 Å². The van der Waals surface area contributed by atoms with Crippen LogP contribution in [0.15, 0.2) is 24.3 Å². The maximum absolute atomic E-state index is 12.8. The summed E-state index contributed by atoms with van der Waals surface area (Å²) < 4.78 is 63.0. The monoisotopic (exact) mass is 350 g/mol. The molecule has 23 heavy (non-hydrogen) atoms. The molecule has 1 aromatic rings. The summed E-state index contributed by atoms with van der Waals surface area (Å²) in [5.41, 5.74) is -1.27. The van der Waals surface area contributed by atoms with Crippen LogP contribution in [0.2, 0.25) is 0 Å². The van der Waals surface area contributed by atoms with E-state index in [1.165, 1.54) is 16.4 Å². The molecule has 9 heteroatoms. The number of hydrogen-bond acceptors (Lipinski definition) is 3. The predicted molar refractivity (Wildman–Crippen MR) is 79.3 cm³/mol. The number of halogens is 3. The van der Waals surface area contributed by atoms with E-state index in [1.807, 2.05) is 0 Å². The van der Waals surface area contributed by atoms with Crippen molar-refractivity contribution in [1.82, 2.24) is 4.31 Å². The van der Waals surface area contributed by atoms with Gasteiger partial charge in [-0.3, -0.25) is 4.79 Å². The Kier molecular flexibility index (Phi) is 5.00. The summed E-state index contributed by atoms with van der Waals surface area (Å²) in [6, 6.07) is 4.56. The normalized spacial score (nSPS) is 15.7. The third-order valence-electron chi connectivity index (χ3n) is 3.45. The Morgan fingerprint density at radius 3 is 2.43 bits per heavy atom. The fourth-order valence-electron chi connectivity index (χ4n) is 2.25. The van der Waals surface area contributed by atoms with Crippen molar-refractivity contribution in [2.24, 2.45) is 0 Å². The van der Waals surface area contributed by atoms with Crippen molar-refractivity contribution in [1.29, 1.82) is 0 Å². The predicted octanol–water partition coefficient (Wildman–Crippen LogP) is 2.46. The lowest BCUT2D eigenvalue weighted by atomic mass is 10.1. The fraction of sp³-hybridized carbons (Fsp3) is 0.500. The zero-order chi connectivity index (χ0) is 17.3. The summed E-state index contributed by atoms with van der Waals surface area (Å²) in [6.07, 6.45) is -2.23. The van der Waals surface area contributed by atoms with Gasteiger partial charge in [-0.05, 0) is 25.0 Å². The van der Waals surface area contributed by atoms with Crippen LogP contribution in [0.3, 0.4) is 0 Å². The molecule has 1 aliphatic rings. The van der Waals surface area contributed by atoms with Crippen LogP contribution in [0, 0.1) is 0 Å². The first kappa shape index (κ1) is 17.7. The van der Waals surface area contributed by atoms with E-state index in [0.717, 1.165) is 31.2 Å². The Morgan fingerprint density at radius 2 is 1.91 bits per heavy atom. The van der Waals surface area contributed by atoms with Crippen LogP contribution < -0.4 is 5.32 Å². The number of hydrogen-bond donors (Lipinski definition) is 1. The van der Waals surface area contributed by atoms with E-state index in [1.54, 1.807) is 0 Å². The molecular weight excluding hydrogens is 333 g/mol. The molecular formula is C14H17F3N2O3S. The molecule has 1 aromatic carbocycles. The average Bonchev–Trinajstić information content (AvgIpc) is 3.21. The van der Waals surface area contributed by atoms with Gasteiger partial charge in [-0.15, -0.1) is 0 Å². The number of carbonyl (C=O) groups excluding carboxylic acids is 1. The van der Waals surface area contributed by atoms with Crippen LogP contribution in [-0.4, -0.2) is 37.5 Å². The minimum Gasteiger partial charge on any atom is -0.325 e. The second kappa shape index (κ2) is 6.48. The minimum absolute atomic E-state index is 0.0382. The lowest BCUT2D eigenvalue weighted by Crippen LogP contribution is -2.34. The first-order valence-electron chi connectivity index (χ1n) is 7.02. The lowest BCUT2D eigenvalue weighted by Gasteiger charge is -2.19. The molecule has 0 heterocycles. The van der Waals surface area contributed by atoms with Crippen molar-refractivity contribution >= 4 is 21.6 Å². The second-order valence-corrected chi connectivity index (χ2v) is 7.38. The number of nitrogens with one attached hydrogen (secondary N) is 1. The van der Waals surface area contributed by atoms with Crippen molar-refractivity contribution in [2.75, 3.05) is 18.1 Å². The van der Waals surface area contributed by atoms with E-state index < -0.39 is 27.7 Å². The van der Waals surface area contributed by atoms with Gasteiger partial charge in [0.1, 0.15) is 0 Å². The molecule has 0 aliphatic heterocycles. The number of para-hydroxylation sites is 1. The number of anilines is 1. The van der Waals surface area contributed by atoms with Crippen LogP contribution >= 0.6 is 0 Å². The quantitative estimate of drug-likeness (QED) is 0.857. The molecule has 1 saturated carbocycles. The number of carbonyl (C=O) groups is 1. The highest BCUT2D eigenvalue weighted by molar-refractivity contribution is 7.88. The summed E-state index contributed by atoms with van der Waals surface area (Å²) in [7, 11) is -3.43. The van der Waals surface area contributed by atoms with Crippen LogP contribution in [0.1, 0.15) is 24.8 Å². The Morgan fingerprint density at radius 1 is 1.30 bits per heavy atom. The summed E-state index contributed by atoms with van der Waals surface area (Å²) in [5, 5.41) is 2.20. The number of nitrogens with zero attached hydrogens (tertiary/aromatic N) is 1. The van der Waals surface area contributed by atoms with Crippen LogP contribution in [-0.2, 0) is 21.0 Å². The first-order chi connectivity index (χ1) is 10.6. The van der Waals surface area contributed by atoms with E-state index in [4.69, 9.17) is 0 Å². The summed E-state index contributed by atoms with van der Waals surface area (Å²) in [5.74, 6) is -0.656. The van der Waals surface area contributed by atoms with Gasteiger partial charge >= 0.3 is 6.18 Å². The molecule has 0 atom stereocenters. The highest BCUT2D eigenvalue weighted by atomic mass is 32.2. The molecule has 1 aliphatic carbocycles. The van der Waals surface area contributed by atoms with Gasteiger partial charge < -0.3 is 5.32 Å². The molecule has 5 nitrogen and oxygen atoms in total. The van der Waals surface area contributed by atoms with E-state index in [0.29, 0.717) is 0 Å². The lowest BCUT2D eigenvalue weighted by molar-refractivity contribution is -0.137. The first-order valence-corrected chi connectivity index (χ1v) is 8.87. The number of benzene rings is 1. The number of alkyl halides is 3. The van der Waals surface area contributed by atoms with Crippen molar-refractivity contribution in [3.8, 4) is 0 Å². The van der Waals surface area contributed by atoms with Gasteiger partial charge in [-0.1, -0.05) is 12.1 Å². The van der Waals surface area contributed by atoms with E-state index in [2.05, 4.69) is 5.32 Å². The van der Waals surface area contributed by atoms with Gasteiger partial charge in [0.25, 0.3) is 0 Å². The van der Waals surface area contributed by atoms with Gasteiger partial charge in [-0.2, -0.15) is 17.5 Å². The second-order valence-electron chi connectivity index (χ2n) is 5.45. The SMILES string of the molecule is CS(=O)(=O)N(CCC(=O)Nc1ccccc1C(F)(F)F)C1CC1. The highest BCUT2D eigenvalue weighted by Gasteiger charge is 2.35. The average molecular weight is 350 g/mol. The molecule has 1 fully saturated rings. The highest BCUT2D eigenvalue weighted by Crippen LogP contribution is 2.34. The molecule has 1 N–H and O–H groups in total. The Labute approximate surface area is 132 Å². The van der Waals surface area contributed by atoms with Crippen molar-refractivity contribution in [3.63, 3.8) is 0 Å². The topological polar surface area (TPSA) is 66.5 Å². The summed E-state index contributed by atoms with van der Waals surface area (Å²) >= 11 is 0. The number of sulfonamides is 1. The molecule has 128 valence electrons. The fourth-order valence-corrected chi connectivity index (χ4v) is 3.42. The number of rotatable bonds is 6. The molecule has 0 radical (unpaired) electrons. The Hall–Kier alpha value is -1.61. The number of amides is 1. The molecule has 0 aromatic heterocycles. The zero-order valence-corrected chi connectivity index (χ0v) is 13.2. The molecule has 0 unspecified atom stereocenters. The van der Waals surface area contributed by atoms with E-state index in [-0.39, 0.29) is 24.7 Å². The van der Waals surface area contributed by atoms with Crippen LogP contribution in [0.25, 0.3) is 0 Å². The molecule has 1 amide bonds. The molecule has 2 rings (SSSR count). The summed E-state index contributed by atoms with van der Waals surface area (Å²) in [6.45, 7) is -0.0382. The van der Waals surface area contributed by atoms with Gasteiger partial charge in [0.2, 0.25) is 15.9 Å². The molecule has 0 saturated heterocycles. The van der Waals surface area contributed by atoms with Crippen LogP contribution in [0.4, 0.5) is 18.9 Å². The van der Waals surface area contributed by atoms with Gasteiger partial charge in [-0.25, -0.2) is 8.42 Å². The maximum Gasteiger partial charge on any atom is 0.418 e. The largest absolute Gasteiger partial charge is 0.418 e. The smallest absolute Gasteiger partial charge is 0.325 e. The Bertz CT molecular complexity index is 685. The van der Waals surface area contributed by atoms with Crippen molar-refractivity contribution < 1.29 is 26.4 Å². The molecule has 0 bridgehead atoms. The van der Waals surface area contributed by atoms with Crippen LogP contribution in [0.5, 0.6) is 0 Å². The molecule has 0 spiro atoms. The third kappa shape index (κ3) is 4.93. The third-order valence-corrected chi connectivity index (χ3v) is 4.78. The van der Waals surface area contributed by atoms with Gasteiger partial charge in [0.15, 0.2) is 0 Å². The standard InChI is InChI=1S/C14H17F3N2O3S/c1-23(21,22)19(10-6-7-10)9-8-13(20)18-12-5-3-2-4-11(12)14(15,16)17/h2-5,10H,6-9H2,1H3,(H,18,20). The zero-order valence-electron chi connectivity index (χ0n) is 12.4. The Balaban J connectivity index is 2.01. The van der Waals surface area contributed by atoms with Crippen molar-refractivity contribution in [2.45, 2.75) is 31.5 Å². The van der Waals surface area contributed by atoms with Crippen molar-refractivity contribution in [3.05, 3.63) is 29.8 Å². The van der Waals surface area contributed by atoms with E-state index in [9.17, 15) is 26.4 Å². The van der Waals surface area contributed by atoms with Gasteiger partial charge in [0, 0.05) is 19.0 Å². The maximum atomic E-state index is 12.8. The van der Waals surface area contributed by atoms with E-state index >= 15 is 0 Å². The summed E-state index contributed by atoms with van der Waals surface area (Å²) in [4.78, 5) is 11.9. The minimum atomic E-state index is -4.57.